The minimum absolute atomic E-state index is 0.615. The van der Waals surface area contributed by atoms with Gasteiger partial charge in [-0.2, -0.15) is 0 Å². The standard InChI is InChI=1S/C16H25N3O2/c1-16(17-2,15(20)21)8-9-18-10-12-19(13-11-18)14-6-4-3-5-7-14/h3-7,17H,8-13H2,1-2H3,(H,20,21). The van der Waals surface area contributed by atoms with E-state index in [1.54, 1.807) is 14.0 Å². The smallest absolute Gasteiger partial charge is 0.323 e. The fraction of sp³-hybridized carbons (Fsp3) is 0.562. The van der Waals surface area contributed by atoms with Crippen molar-refractivity contribution in [2.24, 2.45) is 0 Å². The van der Waals surface area contributed by atoms with Gasteiger partial charge in [0.05, 0.1) is 0 Å². The Bertz CT molecular complexity index is 458. The quantitative estimate of drug-likeness (QED) is 0.826. The molecule has 1 aliphatic rings. The molecule has 0 amide bonds. The zero-order valence-corrected chi connectivity index (χ0v) is 12.9. The van der Waals surface area contributed by atoms with Crippen LogP contribution >= 0.6 is 0 Å². The molecule has 5 nitrogen and oxygen atoms in total. The van der Waals surface area contributed by atoms with Crippen molar-refractivity contribution in [3.63, 3.8) is 0 Å². The third kappa shape index (κ3) is 3.95. The minimum Gasteiger partial charge on any atom is -0.480 e. The fourth-order valence-corrected chi connectivity index (χ4v) is 2.59. The van der Waals surface area contributed by atoms with Crippen LogP contribution in [0.4, 0.5) is 5.69 Å². The summed E-state index contributed by atoms with van der Waals surface area (Å²) in [4.78, 5) is 16.0. The number of carboxylic acid groups (broad SMARTS) is 1. The predicted molar refractivity (Wildman–Crippen MR) is 84.8 cm³/mol. The van der Waals surface area contributed by atoms with Crippen LogP contribution in [0, 0.1) is 0 Å². The van der Waals surface area contributed by atoms with E-state index >= 15 is 0 Å². The molecule has 0 saturated carbocycles. The summed E-state index contributed by atoms with van der Waals surface area (Å²) in [5, 5.41) is 12.2. The molecule has 2 N–H and O–H groups in total. The molecular weight excluding hydrogens is 266 g/mol. The number of rotatable bonds is 6. The lowest BCUT2D eigenvalue weighted by Crippen LogP contribution is -2.52. The third-order valence-electron chi connectivity index (χ3n) is 4.45. The highest BCUT2D eigenvalue weighted by Gasteiger charge is 2.31. The molecule has 1 aromatic rings. The van der Waals surface area contributed by atoms with Gasteiger partial charge in [-0.1, -0.05) is 18.2 Å². The van der Waals surface area contributed by atoms with E-state index in [2.05, 4.69) is 39.4 Å². The summed E-state index contributed by atoms with van der Waals surface area (Å²) in [6.07, 6.45) is 0.615. The first-order chi connectivity index (χ1) is 10.0. The summed E-state index contributed by atoms with van der Waals surface area (Å²) >= 11 is 0. The molecule has 116 valence electrons. The molecule has 1 aliphatic heterocycles. The lowest BCUT2D eigenvalue weighted by Gasteiger charge is -2.37. The normalized spacial score (nSPS) is 19.2. The maximum absolute atomic E-state index is 11.3. The number of hydrogen-bond acceptors (Lipinski definition) is 4. The van der Waals surface area contributed by atoms with Gasteiger partial charge in [0.1, 0.15) is 5.54 Å². The predicted octanol–water partition coefficient (Wildman–Crippen LogP) is 1.26. The Kier molecular flexibility index (Phi) is 5.20. The van der Waals surface area contributed by atoms with Gasteiger partial charge in [0.25, 0.3) is 0 Å². The second kappa shape index (κ2) is 6.91. The van der Waals surface area contributed by atoms with Crippen LogP contribution in [-0.4, -0.2) is 61.3 Å². The van der Waals surface area contributed by atoms with Crippen LogP contribution in [0.1, 0.15) is 13.3 Å². The molecule has 5 heteroatoms. The number of carbonyl (C=O) groups is 1. The van der Waals surface area contributed by atoms with E-state index in [0.717, 1.165) is 32.7 Å². The summed E-state index contributed by atoms with van der Waals surface area (Å²) in [5.74, 6) is -0.784. The number of nitrogens with zero attached hydrogens (tertiary/aromatic N) is 2. The number of likely N-dealkylation sites (N-methyl/N-ethyl adjacent to an activating group) is 1. The number of para-hydroxylation sites is 1. The van der Waals surface area contributed by atoms with E-state index in [0.29, 0.717) is 6.42 Å². The van der Waals surface area contributed by atoms with Crippen molar-refractivity contribution in [3.05, 3.63) is 30.3 Å². The average Bonchev–Trinajstić information content (AvgIpc) is 2.53. The molecule has 2 rings (SSSR count). The van der Waals surface area contributed by atoms with Crippen molar-refractivity contribution in [2.75, 3.05) is 44.7 Å². The number of nitrogens with one attached hydrogen (secondary N) is 1. The Morgan fingerprint density at radius 1 is 1.24 bits per heavy atom. The Labute approximate surface area is 126 Å². The van der Waals surface area contributed by atoms with Gasteiger partial charge in [0.15, 0.2) is 0 Å². The molecule has 0 aromatic heterocycles. The van der Waals surface area contributed by atoms with Crippen molar-refractivity contribution < 1.29 is 9.90 Å². The SMILES string of the molecule is CNC(C)(CCN1CCN(c2ccccc2)CC1)C(=O)O. The molecule has 1 fully saturated rings. The van der Waals surface area contributed by atoms with Crippen LogP contribution in [-0.2, 0) is 4.79 Å². The Hall–Kier alpha value is -1.59. The Balaban J connectivity index is 1.81. The summed E-state index contributed by atoms with van der Waals surface area (Å²) in [5.41, 5.74) is 0.430. The van der Waals surface area contributed by atoms with Crippen molar-refractivity contribution in [1.82, 2.24) is 10.2 Å². The molecular formula is C16H25N3O2. The van der Waals surface area contributed by atoms with Crippen LogP contribution in [0.2, 0.25) is 0 Å². The van der Waals surface area contributed by atoms with Crippen LogP contribution in [0.3, 0.4) is 0 Å². The summed E-state index contributed by atoms with van der Waals surface area (Å²) in [6.45, 7) is 6.51. The number of benzene rings is 1. The molecule has 0 radical (unpaired) electrons. The molecule has 0 spiro atoms. The van der Waals surface area contributed by atoms with Gasteiger partial charge >= 0.3 is 5.97 Å². The highest BCUT2D eigenvalue weighted by molar-refractivity contribution is 5.78. The van der Waals surface area contributed by atoms with Crippen molar-refractivity contribution in [2.45, 2.75) is 18.9 Å². The first-order valence-corrected chi connectivity index (χ1v) is 7.50. The number of hydrogen-bond donors (Lipinski definition) is 2. The summed E-state index contributed by atoms with van der Waals surface area (Å²) in [7, 11) is 1.71. The highest BCUT2D eigenvalue weighted by Crippen LogP contribution is 2.17. The third-order valence-corrected chi connectivity index (χ3v) is 4.45. The maximum Gasteiger partial charge on any atom is 0.323 e. The number of anilines is 1. The van der Waals surface area contributed by atoms with Crippen LogP contribution in [0.5, 0.6) is 0 Å². The van der Waals surface area contributed by atoms with Crippen LogP contribution < -0.4 is 10.2 Å². The van der Waals surface area contributed by atoms with Gasteiger partial charge in [0.2, 0.25) is 0 Å². The second-order valence-corrected chi connectivity index (χ2v) is 5.80. The maximum atomic E-state index is 11.3. The Morgan fingerprint density at radius 2 is 1.86 bits per heavy atom. The molecule has 0 bridgehead atoms. The number of carboxylic acids is 1. The van der Waals surface area contributed by atoms with Crippen LogP contribution in [0.25, 0.3) is 0 Å². The lowest BCUT2D eigenvalue weighted by atomic mass is 9.98. The first kappa shape index (κ1) is 15.8. The van der Waals surface area contributed by atoms with E-state index in [-0.39, 0.29) is 0 Å². The molecule has 0 aliphatic carbocycles. The molecule has 1 unspecified atom stereocenters. The van der Waals surface area contributed by atoms with Crippen molar-refractivity contribution >= 4 is 11.7 Å². The van der Waals surface area contributed by atoms with Gasteiger partial charge in [-0.15, -0.1) is 0 Å². The van der Waals surface area contributed by atoms with Gasteiger partial charge in [-0.05, 0) is 32.5 Å². The highest BCUT2D eigenvalue weighted by atomic mass is 16.4. The summed E-state index contributed by atoms with van der Waals surface area (Å²) < 4.78 is 0. The average molecular weight is 291 g/mol. The van der Waals surface area contributed by atoms with Crippen molar-refractivity contribution in [3.8, 4) is 0 Å². The zero-order valence-electron chi connectivity index (χ0n) is 12.9. The topological polar surface area (TPSA) is 55.8 Å². The van der Waals surface area contributed by atoms with Gasteiger partial charge < -0.3 is 15.3 Å². The fourth-order valence-electron chi connectivity index (χ4n) is 2.59. The van der Waals surface area contributed by atoms with E-state index in [4.69, 9.17) is 0 Å². The minimum atomic E-state index is -0.837. The monoisotopic (exact) mass is 291 g/mol. The lowest BCUT2D eigenvalue weighted by molar-refractivity contribution is -0.144. The van der Waals surface area contributed by atoms with E-state index in [1.165, 1.54) is 5.69 Å². The molecule has 21 heavy (non-hydrogen) atoms. The van der Waals surface area contributed by atoms with Crippen LogP contribution in [0.15, 0.2) is 30.3 Å². The molecule has 1 atom stereocenters. The Morgan fingerprint density at radius 3 is 2.38 bits per heavy atom. The van der Waals surface area contributed by atoms with E-state index in [1.807, 2.05) is 6.07 Å². The number of aliphatic carboxylic acids is 1. The molecule has 1 aromatic carbocycles. The first-order valence-electron chi connectivity index (χ1n) is 7.50. The van der Waals surface area contributed by atoms with Crippen molar-refractivity contribution in [1.29, 1.82) is 0 Å². The van der Waals surface area contributed by atoms with Gasteiger partial charge in [-0.25, -0.2) is 0 Å². The molecule has 1 saturated heterocycles. The van der Waals surface area contributed by atoms with Gasteiger partial charge in [0, 0.05) is 38.4 Å². The largest absolute Gasteiger partial charge is 0.480 e. The van der Waals surface area contributed by atoms with E-state index < -0.39 is 11.5 Å². The molecule has 1 heterocycles. The summed E-state index contributed by atoms with van der Waals surface area (Å²) in [6, 6.07) is 10.4. The van der Waals surface area contributed by atoms with Gasteiger partial charge in [-0.3, -0.25) is 9.69 Å². The second-order valence-electron chi connectivity index (χ2n) is 5.80. The zero-order chi connectivity index (χ0) is 15.3. The number of piperazine rings is 1. The van der Waals surface area contributed by atoms with E-state index in [9.17, 15) is 9.90 Å².